The van der Waals surface area contributed by atoms with Crippen LogP contribution in [0.5, 0.6) is 0 Å². The number of carbonyl (C=O) groups excluding carboxylic acids is 2. The van der Waals surface area contributed by atoms with Gasteiger partial charge in [-0.1, -0.05) is 11.6 Å². The fraction of sp³-hybridized carbons (Fsp3) is 0.167. The molecule has 4 aromatic rings. The first-order valence-corrected chi connectivity index (χ1v) is 10.5. The van der Waals surface area contributed by atoms with Crippen molar-refractivity contribution in [3.05, 3.63) is 76.7 Å². The van der Waals surface area contributed by atoms with Crippen molar-refractivity contribution in [2.45, 2.75) is 13.8 Å². The average molecular weight is 464 g/mol. The molecule has 0 fully saturated rings. The van der Waals surface area contributed by atoms with Crippen molar-refractivity contribution in [2.75, 3.05) is 24.4 Å². The SMILES string of the molecule is COC(=O)Nc1ccc(-c2cnc3c(C)cc(N(C)C(=O)c4ccc(Cl)c(C)c4)cn23)cn1. The number of hydrogen-bond donors (Lipinski definition) is 1. The van der Waals surface area contributed by atoms with E-state index < -0.39 is 6.09 Å². The van der Waals surface area contributed by atoms with Gasteiger partial charge in [-0.15, -0.1) is 0 Å². The highest BCUT2D eigenvalue weighted by molar-refractivity contribution is 6.31. The molecular formula is C24H22ClN5O3. The smallest absolute Gasteiger partial charge is 0.412 e. The summed E-state index contributed by atoms with van der Waals surface area (Å²) in [5.41, 5.74) is 5.41. The van der Waals surface area contributed by atoms with Crippen LogP contribution in [0.3, 0.4) is 0 Å². The number of rotatable bonds is 4. The zero-order valence-corrected chi connectivity index (χ0v) is 19.3. The van der Waals surface area contributed by atoms with Crippen molar-refractivity contribution in [3.8, 4) is 11.3 Å². The van der Waals surface area contributed by atoms with Crippen LogP contribution >= 0.6 is 11.6 Å². The minimum atomic E-state index is -0.589. The van der Waals surface area contributed by atoms with Crippen LogP contribution in [0, 0.1) is 13.8 Å². The van der Waals surface area contributed by atoms with Crippen LogP contribution in [0.1, 0.15) is 21.5 Å². The van der Waals surface area contributed by atoms with Gasteiger partial charge in [-0.3, -0.25) is 14.5 Å². The molecule has 8 nitrogen and oxygen atoms in total. The fourth-order valence-corrected chi connectivity index (χ4v) is 3.62. The van der Waals surface area contributed by atoms with Crippen molar-refractivity contribution < 1.29 is 14.3 Å². The number of ether oxygens (including phenoxy) is 1. The van der Waals surface area contributed by atoms with E-state index in [4.69, 9.17) is 11.6 Å². The number of fused-ring (bicyclic) bond motifs is 1. The summed E-state index contributed by atoms with van der Waals surface area (Å²) in [6.45, 7) is 3.81. The number of carbonyl (C=O) groups is 2. The molecule has 2 amide bonds. The number of anilines is 2. The van der Waals surface area contributed by atoms with E-state index in [9.17, 15) is 9.59 Å². The van der Waals surface area contributed by atoms with E-state index in [0.29, 0.717) is 22.1 Å². The van der Waals surface area contributed by atoms with Crippen molar-refractivity contribution in [2.24, 2.45) is 0 Å². The van der Waals surface area contributed by atoms with Crippen LogP contribution in [0.4, 0.5) is 16.3 Å². The average Bonchev–Trinajstić information content (AvgIpc) is 3.25. The second kappa shape index (κ2) is 8.91. The lowest BCUT2D eigenvalue weighted by atomic mass is 10.1. The van der Waals surface area contributed by atoms with Crippen molar-refractivity contribution in [3.63, 3.8) is 0 Å². The number of aromatic nitrogens is 3. The molecule has 0 bridgehead atoms. The maximum Gasteiger partial charge on any atom is 0.412 e. The zero-order valence-electron chi connectivity index (χ0n) is 18.6. The van der Waals surface area contributed by atoms with Gasteiger partial charge in [-0.05, 0) is 61.4 Å². The minimum absolute atomic E-state index is 0.143. The molecule has 33 heavy (non-hydrogen) atoms. The summed E-state index contributed by atoms with van der Waals surface area (Å²) in [5, 5.41) is 3.14. The minimum Gasteiger partial charge on any atom is -0.453 e. The summed E-state index contributed by atoms with van der Waals surface area (Å²) in [4.78, 5) is 34.9. The standard InChI is InChI=1S/C24H22ClN5O3/c1-14-9-16(5-7-19(14)25)23(31)29(3)18-10-15(2)22-27-12-20(30(22)13-18)17-6-8-21(26-11-17)28-24(32)33-4/h5-13H,1-4H3,(H,26,28,32). The monoisotopic (exact) mass is 463 g/mol. The molecule has 0 spiro atoms. The van der Waals surface area contributed by atoms with Crippen molar-refractivity contribution in [1.29, 1.82) is 0 Å². The van der Waals surface area contributed by atoms with E-state index in [1.54, 1.807) is 48.6 Å². The lowest BCUT2D eigenvalue weighted by molar-refractivity contribution is 0.0993. The van der Waals surface area contributed by atoms with E-state index in [1.807, 2.05) is 36.6 Å². The molecule has 0 saturated heterocycles. The Hall–Kier alpha value is -3.91. The van der Waals surface area contributed by atoms with Gasteiger partial charge in [-0.2, -0.15) is 0 Å². The quantitative estimate of drug-likeness (QED) is 0.453. The number of aryl methyl sites for hydroxylation is 2. The first-order valence-electron chi connectivity index (χ1n) is 10.1. The van der Waals surface area contributed by atoms with Crippen molar-refractivity contribution in [1.82, 2.24) is 14.4 Å². The summed E-state index contributed by atoms with van der Waals surface area (Å²) in [5.74, 6) is 0.231. The Labute approximate surface area is 195 Å². The van der Waals surface area contributed by atoms with Gasteiger partial charge in [-0.25, -0.2) is 14.8 Å². The first kappa shape index (κ1) is 22.3. The van der Waals surface area contributed by atoms with Gasteiger partial charge in [0.15, 0.2) is 0 Å². The Morgan fingerprint density at radius 1 is 1.06 bits per heavy atom. The van der Waals surface area contributed by atoms with Crippen LogP contribution in [-0.2, 0) is 4.74 Å². The van der Waals surface area contributed by atoms with Gasteiger partial charge in [0.2, 0.25) is 0 Å². The second-order valence-corrected chi connectivity index (χ2v) is 8.00. The third kappa shape index (κ3) is 4.38. The van der Waals surface area contributed by atoms with Crippen LogP contribution in [-0.4, -0.2) is 40.5 Å². The van der Waals surface area contributed by atoms with Gasteiger partial charge in [0.25, 0.3) is 5.91 Å². The molecular weight excluding hydrogens is 442 g/mol. The maximum atomic E-state index is 13.1. The molecule has 4 rings (SSSR count). The lowest BCUT2D eigenvalue weighted by Gasteiger charge is -2.19. The van der Waals surface area contributed by atoms with Gasteiger partial charge in [0.1, 0.15) is 11.5 Å². The Balaban J connectivity index is 1.69. The summed E-state index contributed by atoms with van der Waals surface area (Å²) >= 11 is 6.11. The molecule has 9 heteroatoms. The summed E-state index contributed by atoms with van der Waals surface area (Å²) in [6, 6.07) is 10.7. The Morgan fingerprint density at radius 2 is 1.85 bits per heavy atom. The molecule has 0 atom stereocenters. The molecule has 0 unspecified atom stereocenters. The van der Waals surface area contributed by atoms with Gasteiger partial charge >= 0.3 is 6.09 Å². The fourth-order valence-electron chi connectivity index (χ4n) is 3.50. The van der Waals surface area contributed by atoms with Crippen LogP contribution < -0.4 is 10.2 Å². The lowest BCUT2D eigenvalue weighted by Crippen LogP contribution is -2.26. The Morgan fingerprint density at radius 3 is 2.52 bits per heavy atom. The maximum absolute atomic E-state index is 13.1. The highest BCUT2D eigenvalue weighted by Crippen LogP contribution is 2.27. The number of methoxy groups -OCH3 is 1. The third-order valence-corrected chi connectivity index (χ3v) is 5.77. The predicted molar refractivity (Wildman–Crippen MR) is 128 cm³/mol. The van der Waals surface area contributed by atoms with Crippen LogP contribution in [0.25, 0.3) is 16.9 Å². The Bertz CT molecular complexity index is 1360. The molecule has 0 aliphatic heterocycles. The second-order valence-electron chi connectivity index (χ2n) is 7.60. The highest BCUT2D eigenvalue weighted by Gasteiger charge is 2.17. The number of imidazole rings is 1. The van der Waals surface area contributed by atoms with Crippen LogP contribution in [0.2, 0.25) is 5.02 Å². The van der Waals surface area contributed by atoms with Gasteiger partial charge < -0.3 is 9.64 Å². The Kier molecular flexibility index (Phi) is 6.02. The van der Waals surface area contributed by atoms with E-state index >= 15 is 0 Å². The topological polar surface area (TPSA) is 88.8 Å². The highest BCUT2D eigenvalue weighted by atomic mass is 35.5. The predicted octanol–water partition coefficient (Wildman–Crippen LogP) is 5.12. The molecule has 3 aromatic heterocycles. The molecule has 1 aromatic carbocycles. The number of hydrogen-bond acceptors (Lipinski definition) is 5. The van der Waals surface area contributed by atoms with Crippen LogP contribution in [0.15, 0.2) is 55.0 Å². The number of amides is 2. The van der Waals surface area contributed by atoms with Crippen molar-refractivity contribution >= 4 is 40.8 Å². The molecule has 0 aliphatic carbocycles. The number of nitrogens with one attached hydrogen (secondary N) is 1. The van der Waals surface area contributed by atoms with E-state index in [1.165, 1.54) is 7.11 Å². The van der Waals surface area contributed by atoms with E-state index in [2.05, 4.69) is 20.0 Å². The number of nitrogens with zero attached hydrogens (tertiary/aromatic N) is 4. The zero-order chi connectivity index (χ0) is 23.7. The largest absolute Gasteiger partial charge is 0.453 e. The summed E-state index contributed by atoms with van der Waals surface area (Å²) in [7, 11) is 3.02. The molecule has 0 aliphatic rings. The molecule has 0 radical (unpaired) electrons. The first-order chi connectivity index (χ1) is 15.8. The summed E-state index contributed by atoms with van der Waals surface area (Å²) in [6.07, 6.45) is 4.67. The van der Waals surface area contributed by atoms with Gasteiger partial charge in [0, 0.05) is 35.6 Å². The van der Waals surface area contributed by atoms with E-state index in [0.717, 1.165) is 28.0 Å². The molecule has 1 N–H and O–H groups in total. The summed E-state index contributed by atoms with van der Waals surface area (Å²) < 4.78 is 6.51. The molecule has 168 valence electrons. The molecule has 3 heterocycles. The number of halogens is 1. The number of benzene rings is 1. The normalized spacial score (nSPS) is 10.8. The number of pyridine rings is 2. The van der Waals surface area contributed by atoms with E-state index in [-0.39, 0.29) is 5.91 Å². The molecule has 0 saturated carbocycles. The third-order valence-electron chi connectivity index (χ3n) is 5.35. The van der Waals surface area contributed by atoms with Gasteiger partial charge in [0.05, 0.1) is 24.7 Å².